The van der Waals surface area contributed by atoms with Crippen LogP contribution in [0.15, 0.2) is 29.2 Å². The largest absolute Gasteiger partial charge is 0.354 e. The van der Waals surface area contributed by atoms with Gasteiger partial charge >= 0.3 is 0 Å². The molecule has 0 fully saturated rings. The number of sulfonamides is 1. The normalized spacial score (nSPS) is 12.2. The summed E-state index contributed by atoms with van der Waals surface area (Å²) >= 11 is 0. The molecule has 0 heterocycles. The van der Waals surface area contributed by atoms with Crippen LogP contribution in [0.1, 0.15) is 19.4 Å². The highest BCUT2D eigenvalue weighted by atomic mass is 32.2. The van der Waals surface area contributed by atoms with E-state index < -0.39 is 15.6 Å². The summed E-state index contributed by atoms with van der Waals surface area (Å²) in [6.07, 6.45) is 0.621. The molecule has 1 aromatic carbocycles. The maximum absolute atomic E-state index is 11.8. The Kier molecular flexibility index (Phi) is 5.27. The van der Waals surface area contributed by atoms with E-state index in [2.05, 4.69) is 10.6 Å². The smallest absolute Gasteiger partial charge is 0.239 e. The average molecular weight is 299 g/mol. The second-order valence-electron chi connectivity index (χ2n) is 5.07. The van der Waals surface area contributed by atoms with Crippen molar-refractivity contribution in [2.24, 2.45) is 5.14 Å². The molecule has 0 aliphatic heterocycles. The van der Waals surface area contributed by atoms with Crippen LogP contribution in [0.4, 0.5) is 0 Å². The zero-order chi connectivity index (χ0) is 15.4. The topological polar surface area (TPSA) is 101 Å². The van der Waals surface area contributed by atoms with Gasteiger partial charge < -0.3 is 10.6 Å². The predicted octanol–water partition coefficient (Wildman–Crippen LogP) is -0.00930. The van der Waals surface area contributed by atoms with E-state index in [1.54, 1.807) is 33.0 Å². The van der Waals surface area contributed by atoms with Crippen LogP contribution in [-0.2, 0) is 21.2 Å². The molecule has 0 saturated carbocycles. The number of benzene rings is 1. The first kappa shape index (κ1) is 16.6. The van der Waals surface area contributed by atoms with Gasteiger partial charge in [0.05, 0.1) is 10.4 Å². The Hall–Kier alpha value is -1.44. The standard InChI is InChI=1S/C13H21N3O3S/c1-13(2,15-3)12(17)16-9-8-10-4-6-11(7-5-10)20(14,18)19/h4-7,15H,8-9H2,1-3H3,(H,16,17)(H2,14,18,19). The summed E-state index contributed by atoms with van der Waals surface area (Å²) in [5, 5.41) is 10.8. The maximum atomic E-state index is 11.8. The summed E-state index contributed by atoms with van der Waals surface area (Å²) in [4.78, 5) is 11.9. The molecular formula is C13H21N3O3S. The minimum absolute atomic E-state index is 0.0823. The lowest BCUT2D eigenvalue weighted by Crippen LogP contribution is -2.51. The van der Waals surface area contributed by atoms with Gasteiger partial charge in [0.2, 0.25) is 15.9 Å². The van der Waals surface area contributed by atoms with Crippen LogP contribution in [0, 0.1) is 0 Å². The van der Waals surface area contributed by atoms with Crippen LogP contribution in [0.5, 0.6) is 0 Å². The van der Waals surface area contributed by atoms with Gasteiger partial charge in [-0.2, -0.15) is 0 Å². The molecular weight excluding hydrogens is 278 g/mol. The van der Waals surface area contributed by atoms with Crippen LogP contribution in [0.2, 0.25) is 0 Å². The highest BCUT2D eigenvalue weighted by Gasteiger charge is 2.24. The molecule has 1 aromatic rings. The number of primary sulfonamides is 1. The lowest BCUT2D eigenvalue weighted by molar-refractivity contribution is -0.126. The fraction of sp³-hybridized carbons (Fsp3) is 0.462. The van der Waals surface area contributed by atoms with E-state index in [1.807, 2.05) is 0 Å². The second kappa shape index (κ2) is 6.34. The molecule has 0 radical (unpaired) electrons. The van der Waals surface area contributed by atoms with Gasteiger partial charge in [-0.3, -0.25) is 4.79 Å². The lowest BCUT2D eigenvalue weighted by atomic mass is 10.1. The number of carbonyl (C=O) groups is 1. The monoisotopic (exact) mass is 299 g/mol. The number of nitrogens with one attached hydrogen (secondary N) is 2. The van der Waals surface area contributed by atoms with Crippen molar-refractivity contribution < 1.29 is 13.2 Å². The van der Waals surface area contributed by atoms with Gasteiger partial charge in [0, 0.05) is 6.54 Å². The zero-order valence-electron chi connectivity index (χ0n) is 11.9. The van der Waals surface area contributed by atoms with Gasteiger partial charge in [-0.1, -0.05) is 12.1 Å². The maximum Gasteiger partial charge on any atom is 0.239 e. The summed E-state index contributed by atoms with van der Waals surface area (Å²) in [5.74, 6) is -0.0823. The first-order chi connectivity index (χ1) is 9.16. The Balaban J connectivity index is 2.54. The van der Waals surface area contributed by atoms with Crippen molar-refractivity contribution in [1.29, 1.82) is 0 Å². The molecule has 0 spiro atoms. The summed E-state index contributed by atoms with van der Waals surface area (Å²) < 4.78 is 22.2. The van der Waals surface area contributed by atoms with E-state index in [9.17, 15) is 13.2 Å². The molecule has 0 bridgehead atoms. The van der Waals surface area contributed by atoms with Crippen molar-refractivity contribution in [3.63, 3.8) is 0 Å². The molecule has 6 nitrogen and oxygen atoms in total. The van der Waals surface area contributed by atoms with Gasteiger partial charge in [-0.25, -0.2) is 13.6 Å². The highest BCUT2D eigenvalue weighted by Crippen LogP contribution is 2.09. The van der Waals surface area contributed by atoms with Crippen molar-refractivity contribution >= 4 is 15.9 Å². The molecule has 0 aliphatic carbocycles. The molecule has 1 rings (SSSR count). The summed E-state index contributed by atoms with van der Waals surface area (Å²) in [6.45, 7) is 4.07. The molecule has 0 unspecified atom stereocenters. The van der Waals surface area contributed by atoms with E-state index in [4.69, 9.17) is 5.14 Å². The van der Waals surface area contributed by atoms with Crippen molar-refractivity contribution in [2.45, 2.75) is 30.7 Å². The fourth-order valence-corrected chi connectivity index (χ4v) is 2.02. The Morgan fingerprint density at radius 3 is 2.25 bits per heavy atom. The minimum Gasteiger partial charge on any atom is -0.354 e. The van der Waals surface area contributed by atoms with Crippen LogP contribution in [-0.4, -0.2) is 33.5 Å². The zero-order valence-corrected chi connectivity index (χ0v) is 12.8. The Morgan fingerprint density at radius 1 is 1.25 bits per heavy atom. The van der Waals surface area contributed by atoms with Gasteiger partial charge in [0.15, 0.2) is 0 Å². The van der Waals surface area contributed by atoms with E-state index >= 15 is 0 Å². The summed E-state index contributed by atoms with van der Waals surface area (Å²) in [6, 6.07) is 6.30. The van der Waals surface area contributed by atoms with Gasteiger partial charge in [0.25, 0.3) is 0 Å². The number of carbonyl (C=O) groups excluding carboxylic acids is 1. The molecule has 4 N–H and O–H groups in total. The Labute approximate surface area is 119 Å². The number of hydrogen-bond acceptors (Lipinski definition) is 4. The average Bonchev–Trinajstić information content (AvgIpc) is 2.38. The lowest BCUT2D eigenvalue weighted by Gasteiger charge is -2.22. The first-order valence-corrected chi connectivity index (χ1v) is 7.80. The minimum atomic E-state index is -3.65. The van der Waals surface area contributed by atoms with E-state index in [-0.39, 0.29) is 10.8 Å². The second-order valence-corrected chi connectivity index (χ2v) is 6.63. The van der Waals surface area contributed by atoms with E-state index in [1.165, 1.54) is 12.1 Å². The number of rotatable bonds is 6. The van der Waals surface area contributed by atoms with Gasteiger partial charge in [-0.15, -0.1) is 0 Å². The Morgan fingerprint density at radius 2 is 1.80 bits per heavy atom. The first-order valence-electron chi connectivity index (χ1n) is 6.26. The van der Waals surface area contributed by atoms with Gasteiger partial charge in [-0.05, 0) is 45.0 Å². The molecule has 1 amide bonds. The molecule has 0 aliphatic rings. The van der Waals surface area contributed by atoms with Crippen molar-refractivity contribution in [3.8, 4) is 0 Å². The third kappa shape index (κ3) is 4.59. The van der Waals surface area contributed by atoms with Crippen molar-refractivity contribution in [2.75, 3.05) is 13.6 Å². The van der Waals surface area contributed by atoms with Crippen molar-refractivity contribution in [3.05, 3.63) is 29.8 Å². The Bertz CT molecular complexity index is 565. The van der Waals surface area contributed by atoms with Crippen molar-refractivity contribution in [1.82, 2.24) is 10.6 Å². The summed E-state index contributed by atoms with van der Waals surface area (Å²) in [7, 11) is -1.93. The van der Waals surface area contributed by atoms with Gasteiger partial charge in [0.1, 0.15) is 0 Å². The number of nitrogens with two attached hydrogens (primary N) is 1. The number of hydrogen-bond donors (Lipinski definition) is 3. The molecule has 20 heavy (non-hydrogen) atoms. The van der Waals surface area contributed by atoms with E-state index in [0.29, 0.717) is 13.0 Å². The molecule has 0 atom stereocenters. The highest BCUT2D eigenvalue weighted by molar-refractivity contribution is 7.89. The molecule has 7 heteroatoms. The molecule has 0 saturated heterocycles. The SMILES string of the molecule is CNC(C)(C)C(=O)NCCc1ccc(S(N)(=O)=O)cc1. The van der Waals surface area contributed by atoms with Crippen LogP contribution in [0.3, 0.4) is 0 Å². The number of amides is 1. The third-order valence-electron chi connectivity index (χ3n) is 3.14. The summed E-state index contributed by atoms with van der Waals surface area (Å²) in [5.41, 5.74) is 0.317. The van der Waals surface area contributed by atoms with Crippen LogP contribution in [0.25, 0.3) is 0 Å². The van der Waals surface area contributed by atoms with Crippen LogP contribution < -0.4 is 15.8 Å². The quantitative estimate of drug-likeness (QED) is 0.687. The fourth-order valence-electron chi connectivity index (χ4n) is 1.50. The molecule has 0 aromatic heterocycles. The number of likely N-dealkylation sites (N-methyl/N-ethyl adjacent to an activating group) is 1. The van der Waals surface area contributed by atoms with E-state index in [0.717, 1.165) is 5.56 Å². The molecule has 112 valence electrons. The predicted molar refractivity (Wildman–Crippen MR) is 77.7 cm³/mol. The van der Waals surface area contributed by atoms with Crippen LogP contribution >= 0.6 is 0 Å². The third-order valence-corrected chi connectivity index (χ3v) is 4.07.